The van der Waals surface area contributed by atoms with Gasteiger partial charge in [0.25, 0.3) is 0 Å². The van der Waals surface area contributed by atoms with Crippen LogP contribution in [0.2, 0.25) is 0 Å². The van der Waals surface area contributed by atoms with Gasteiger partial charge in [-0.2, -0.15) is 0 Å². The van der Waals surface area contributed by atoms with Crippen LogP contribution in [0.5, 0.6) is 0 Å². The maximum atomic E-state index is 6.42. The van der Waals surface area contributed by atoms with Crippen LogP contribution in [0, 0.1) is 0 Å². The van der Waals surface area contributed by atoms with Gasteiger partial charge in [0, 0.05) is 37.1 Å². The van der Waals surface area contributed by atoms with Crippen LogP contribution in [-0.4, -0.2) is 15.0 Å². The molecule has 51 heavy (non-hydrogen) atoms. The van der Waals surface area contributed by atoms with Crippen molar-refractivity contribution in [2.24, 2.45) is 0 Å². The van der Waals surface area contributed by atoms with Crippen molar-refractivity contribution in [1.29, 1.82) is 0 Å². The summed E-state index contributed by atoms with van der Waals surface area (Å²) in [6.07, 6.45) is 0. The fourth-order valence-corrected chi connectivity index (χ4v) is 7.30. The van der Waals surface area contributed by atoms with Gasteiger partial charge in [0.1, 0.15) is 22.3 Å². The standard InChI is InChI=1S/C45H26BrN3O2/c46-33-11-6-10-31(25-33)30-9-5-8-29(24-30)27-18-20-28(21-19-27)43-47-44(32-22-23-41-38(26-32)35-13-2-3-16-39(35)50-41)49-45(48-43)37-15-7-14-36-34-12-1-4-17-40(34)51-42(36)37/h1-26H. The Bertz CT molecular complexity index is 2940. The van der Waals surface area contributed by atoms with Crippen LogP contribution in [0.1, 0.15) is 0 Å². The van der Waals surface area contributed by atoms with Crippen LogP contribution in [0.15, 0.2) is 171 Å². The Morgan fingerprint density at radius 2 is 0.902 bits per heavy atom. The van der Waals surface area contributed by atoms with Gasteiger partial charge in [-0.15, -0.1) is 0 Å². The SMILES string of the molecule is Brc1cccc(-c2cccc(-c3ccc(-c4nc(-c5ccc6oc7ccccc7c6c5)nc(-c5cccc6c5oc5ccccc56)n4)cc3)c2)c1. The van der Waals surface area contributed by atoms with E-state index in [2.05, 4.69) is 107 Å². The molecule has 0 unspecified atom stereocenters. The number of aromatic nitrogens is 3. The van der Waals surface area contributed by atoms with E-state index >= 15 is 0 Å². The molecule has 3 heterocycles. The van der Waals surface area contributed by atoms with E-state index in [1.807, 2.05) is 66.7 Å². The summed E-state index contributed by atoms with van der Waals surface area (Å²) in [4.78, 5) is 15.2. The Kier molecular flexibility index (Phi) is 6.89. The zero-order valence-corrected chi connectivity index (χ0v) is 28.6. The zero-order chi connectivity index (χ0) is 33.9. The van der Waals surface area contributed by atoms with Crippen LogP contribution >= 0.6 is 15.9 Å². The fraction of sp³-hybridized carbons (Fsp3) is 0. The van der Waals surface area contributed by atoms with Crippen molar-refractivity contribution in [3.63, 3.8) is 0 Å². The lowest BCUT2D eigenvalue weighted by Gasteiger charge is -2.10. The van der Waals surface area contributed by atoms with Crippen LogP contribution in [0.3, 0.4) is 0 Å². The highest BCUT2D eigenvalue weighted by Crippen LogP contribution is 2.37. The van der Waals surface area contributed by atoms with E-state index in [1.165, 1.54) is 0 Å². The van der Waals surface area contributed by atoms with Crippen molar-refractivity contribution < 1.29 is 8.83 Å². The number of hydrogen-bond acceptors (Lipinski definition) is 5. The number of para-hydroxylation sites is 3. The van der Waals surface area contributed by atoms with E-state index in [-0.39, 0.29) is 0 Å². The average Bonchev–Trinajstić information content (AvgIpc) is 3.76. The van der Waals surface area contributed by atoms with E-state index in [0.29, 0.717) is 17.5 Å². The third-order valence-electron chi connectivity index (χ3n) is 9.41. The van der Waals surface area contributed by atoms with Crippen molar-refractivity contribution in [3.8, 4) is 56.4 Å². The Morgan fingerprint density at radius 3 is 1.69 bits per heavy atom. The fourth-order valence-electron chi connectivity index (χ4n) is 6.90. The largest absolute Gasteiger partial charge is 0.456 e. The van der Waals surface area contributed by atoms with Crippen LogP contribution in [0.25, 0.3) is 100 Å². The summed E-state index contributed by atoms with van der Waals surface area (Å²) in [6.45, 7) is 0. The number of furan rings is 2. The third-order valence-corrected chi connectivity index (χ3v) is 9.91. The molecule has 0 bridgehead atoms. The molecule has 0 aliphatic rings. The monoisotopic (exact) mass is 719 g/mol. The van der Waals surface area contributed by atoms with Gasteiger partial charge >= 0.3 is 0 Å². The number of hydrogen-bond donors (Lipinski definition) is 0. The lowest BCUT2D eigenvalue weighted by atomic mass is 9.98. The third kappa shape index (κ3) is 5.20. The zero-order valence-electron chi connectivity index (χ0n) is 27.0. The maximum Gasteiger partial charge on any atom is 0.167 e. The van der Waals surface area contributed by atoms with Crippen LogP contribution in [-0.2, 0) is 0 Å². The molecular formula is C45H26BrN3O2. The van der Waals surface area contributed by atoms with Crippen LogP contribution in [0.4, 0.5) is 0 Å². The van der Waals surface area contributed by atoms with Gasteiger partial charge in [-0.3, -0.25) is 0 Å². The maximum absolute atomic E-state index is 6.42. The molecule has 10 rings (SSSR count). The number of halogens is 1. The van der Waals surface area contributed by atoms with Gasteiger partial charge in [-0.25, -0.2) is 15.0 Å². The Labute approximate surface area is 301 Å². The summed E-state index contributed by atoms with van der Waals surface area (Å²) < 4.78 is 13.6. The topological polar surface area (TPSA) is 65.0 Å². The molecule has 0 N–H and O–H groups in total. The first-order valence-electron chi connectivity index (χ1n) is 16.7. The second kappa shape index (κ2) is 11.9. The first-order chi connectivity index (χ1) is 25.1. The molecule has 240 valence electrons. The minimum absolute atomic E-state index is 0.544. The Morgan fingerprint density at radius 1 is 0.353 bits per heavy atom. The Balaban J connectivity index is 1.11. The number of nitrogens with zero attached hydrogens (tertiary/aromatic N) is 3. The summed E-state index contributed by atoms with van der Waals surface area (Å²) >= 11 is 3.60. The predicted octanol–water partition coefficient (Wildman–Crippen LogP) is 12.8. The van der Waals surface area contributed by atoms with Gasteiger partial charge in [-0.05, 0) is 76.9 Å². The molecule has 0 radical (unpaired) electrons. The smallest absolute Gasteiger partial charge is 0.167 e. The molecule has 0 saturated carbocycles. The first kappa shape index (κ1) is 29.5. The van der Waals surface area contributed by atoms with E-state index < -0.39 is 0 Å². The van der Waals surface area contributed by atoms with E-state index in [4.69, 9.17) is 23.8 Å². The van der Waals surface area contributed by atoms with Crippen LogP contribution < -0.4 is 0 Å². The summed E-state index contributed by atoms with van der Waals surface area (Å²) in [6, 6.07) is 53.8. The summed E-state index contributed by atoms with van der Waals surface area (Å²) in [5.74, 6) is 1.69. The molecule has 0 aliphatic carbocycles. The molecule has 7 aromatic carbocycles. The van der Waals surface area contributed by atoms with Crippen molar-refractivity contribution in [1.82, 2.24) is 15.0 Å². The van der Waals surface area contributed by atoms with Gasteiger partial charge in [0.15, 0.2) is 17.5 Å². The highest BCUT2D eigenvalue weighted by molar-refractivity contribution is 9.10. The highest BCUT2D eigenvalue weighted by Gasteiger charge is 2.18. The lowest BCUT2D eigenvalue weighted by molar-refractivity contribution is 0.669. The van der Waals surface area contributed by atoms with Crippen molar-refractivity contribution >= 4 is 59.8 Å². The lowest BCUT2D eigenvalue weighted by Crippen LogP contribution is -2.00. The molecule has 0 saturated heterocycles. The molecule has 5 nitrogen and oxygen atoms in total. The molecule has 0 fully saturated rings. The molecule has 6 heteroatoms. The average molecular weight is 721 g/mol. The summed E-state index contributed by atoms with van der Waals surface area (Å²) in [5.41, 5.74) is 10.4. The van der Waals surface area contributed by atoms with Crippen molar-refractivity contribution in [2.45, 2.75) is 0 Å². The number of fused-ring (bicyclic) bond motifs is 6. The Hall–Kier alpha value is -6.37. The molecular weight excluding hydrogens is 694 g/mol. The molecule has 0 amide bonds. The molecule has 0 spiro atoms. The van der Waals surface area contributed by atoms with E-state index in [0.717, 1.165) is 87.3 Å². The minimum Gasteiger partial charge on any atom is -0.456 e. The minimum atomic E-state index is 0.544. The van der Waals surface area contributed by atoms with Gasteiger partial charge < -0.3 is 8.83 Å². The second-order valence-corrected chi connectivity index (χ2v) is 13.5. The van der Waals surface area contributed by atoms with Gasteiger partial charge in [0.2, 0.25) is 0 Å². The quantitative estimate of drug-likeness (QED) is 0.177. The molecule has 0 aliphatic heterocycles. The molecule has 0 atom stereocenters. The highest BCUT2D eigenvalue weighted by atomic mass is 79.9. The van der Waals surface area contributed by atoms with E-state index in [1.54, 1.807) is 0 Å². The number of benzene rings is 7. The summed E-state index contributed by atoms with van der Waals surface area (Å²) in [7, 11) is 0. The molecule has 3 aromatic heterocycles. The van der Waals surface area contributed by atoms with Gasteiger partial charge in [0.05, 0.1) is 5.56 Å². The normalized spacial score (nSPS) is 11.6. The number of rotatable bonds is 5. The second-order valence-electron chi connectivity index (χ2n) is 12.6. The predicted molar refractivity (Wildman–Crippen MR) is 209 cm³/mol. The van der Waals surface area contributed by atoms with Crippen molar-refractivity contribution in [3.05, 3.63) is 162 Å². The molecule has 10 aromatic rings. The first-order valence-corrected chi connectivity index (χ1v) is 17.5. The van der Waals surface area contributed by atoms with E-state index in [9.17, 15) is 0 Å². The van der Waals surface area contributed by atoms with Crippen molar-refractivity contribution in [2.75, 3.05) is 0 Å². The summed E-state index contributed by atoms with van der Waals surface area (Å²) in [5, 5.41) is 4.14. The van der Waals surface area contributed by atoms with Gasteiger partial charge in [-0.1, -0.05) is 119 Å².